The molecule has 0 radical (unpaired) electrons. The molecule has 0 unspecified atom stereocenters. The second-order valence-electron chi connectivity index (χ2n) is 7.12. The molecule has 0 atom stereocenters. The van der Waals surface area contributed by atoms with Crippen LogP contribution in [-0.4, -0.2) is 95.6 Å². The van der Waals surface area contributed by atoms with Crippen LogP contribution in [0, 0.1) is 0 Å². The second-order valence-corrected chi connectivity index (χ2v) is 9.02. The van der Waals surface area contributed by atoms with Crippen molar-refractivity contribution < 1.29 is 19.2 Å². The van der Waals surface area contributed by atoms with Crippen LogP contribution >= 0.6 is 22.7 Å². The van der Waals surface area contributed by atoms with Crippen LogP contribution in [0.4, 0.5) is 0 Å². The molecule has 0 aliphatic carbocycles. The summed E-state index contributed by atoms with van der Waals surface area (Å²) in [5.41, 5.74) is 0. The first kappa shape index (κ1) is 20.5. The molecular weight excluding hydrogens is 424 g/mol. The Hall–Kier alpha value is -2.72. The molecule has 0 aromatic carbocycles. The molecule has 2 saturated heterocycles. The van der Waals surface area contributed by atoms with Gasteiger partial charge in [0.1, 0.15) is 0 Å². The normalized spacial score (nSPS) is 17.2. The molecule has 2 fully saturated rings. The van der Waals surface area contributed by atoms with Crippen LogP contribution in [0.5, 0.6) is 0 Å². The van der Waals surface area contributed by atoms with E-state index in [2.05, 4.69) is 0 Å². The molecule has 2 aliphatic rings. The van der Waals surface area contributed by atoms with E-state index in [1.54, 1.807) is 21.9 Å². The van der Waals surface area contributed by atoms with Crippen molar-refractivity contribution in [1.29, 1.82) is 0 Å². The van der Waals surface area contributed by atoms with Gasteiger partial charge in [-0.25, -0.2) is 0 Å². The lowest BCUT2D eigenvalue weighted by molar-refractivity contribution is -0.153. The zero-order valence-electron chi connectivity index (χ0n) is 16.4. The molecule has 0 spiro atoms. The number of rotatable bonds is 2. The molecule has 2 aromatic rings. The molecule has 4 heterocycles. The number of carbonyl (C=O) groups excluding carboxylic acids is 4. The highest BCUT2D eigenvalue weighted by Crippen LogP contribution is 2.16. The van der Waals surface area contributed by atoms with Gasteiger partial charge in [-0.3, -0.25) is 19.2 Å². The van der Waals surface area contributed by atoms with E-state index in [9.17, 15) is 19.2 Å². The molecule has 8 nitrogen and oxygen atoms in total. The third-order valence-corrected chi connectivity index (χ3v) is 7.07. The highest BCUT2D eigenvalue weighted by atomic mass is 32.1. The summed E-state index contributed by atoms with van der Waals surface area (Å²) < 4.78 is 0. The Balaban J connectivity index is 1.26. The summed E-state index contributed by atoms with van der Waals surface area (Å²) >= 11 is 2.79. The highest BCUT2D eigenvalue weighted by Gasteiger charge is 2.33. The highest BCUT2D eigenvalue weighted by molar-refractivity contribution is 7.12. The summed E-state index contributed by atoms with van der Waals surface area (Å²) in [5, 5.41) is 3.72. The van der Waals surface area contributed by atoms with Gasteiger partial charge in [-0.05, 0) is 22.9 Å². The maximum absolute atomic E-state index is 12.7. The van der Waals surface area contributed by atoms with Gasteiger partial charge in [0.2, 0.25) is 0 Å². The summed E-state index contributed by atoms with van der Waals surface area (Å²) in [6.45, 7) is 3.05. The van der Waals surface area contributed by atoms with E-state index in [4.69, 9.17) is 0 Å². The van der Waals surface area contributed by atoms with Crippen molar-refractivity contribution in [3.05, 3.63) is 44.8 Å². The molecule has 2 aliphatic heterocycles. The number of hydrogen-bond acceptors (Lipinski definition) is 6. The lowest BCUT2D eigenvalue weighted by atomic mass is 10.2. The molecule has 4 rings (SSSR count). The minimum atomic E-state index is -0.531. The number of nitrogens with zero attached hydrogens (tertiary/aromatic N) is 4. The van der Waals surface area contributed by atoms with Crippen molar-refractivity contribution in [2.75, 3.05) is 52.4 Å². The third kappa shape index (κ3) is 4.24. The van der Waals surface area contributed by atoms with E-state index >= 15 is 0 Å². The average Bonchev–Trinajstić information content (AvgIpc) is 3.52. The monoisotopic (exact) mass is 446 g/mol. The molecule has 0 bridgehead atoms. The lowest BCUT2D eigenvalue weighted by Gasteiger charge is -2.37. The van der Waals surface area contributed by atoms with Gasteiger partial charge in [0.15, 0.2) is 0 Å². The van der Waals surface area contributed by atoms with Crippen LogP contribution in [0.1, 0.15) is 19.3 Å². The molecule has 10 heteroatoms. The first-order chi connectivity index (χ1) is 14.5. The largest absolute Gasteiger partial charge is 0.334 e. The topological polar surface area (TPSA) is 81.2 Å². The fraction of sp³-hybridized carbons (Fsp3) is 0.400. The summed E-state index contributed by atoms with van der Waals surface area (Å²) in [6, 6.07) is 7.25. The maximum atomic E-state index is 12.7. The number of hydrogen-bond donors (Lipinski definition) is 0. The predicted molar refractivity (Wildman–Crippen MR) is 114 cm³/mol. The number of carbonyl (C=O) groups is 4. The average molecular weight is 447 g/mol. The van der Waals surface area contributed by atoms with Gasteiger partial charge in [-0.1, -0.05) is 12.1 Å². The van der Waals surface area contributed by atoms with Gasteiger partial charge in [0.25, 0.3) is 11.8 Å². The van der Waals surface area contributed by atoms with Crippen LogP contribution in [0.2, 0.25) is 0 Å². The second kappa shape index (κ2) is 8.97. The van der Waals surface area contributed by atoms with E-state index in [1.165, 1.54) is 32.5 Å². The minimum Gasteiger partial charge on any atom is -0.334 e. The maximum Gasteiger partial charge on any atom is 0.312 e. The van der Waals surface area contributed by atoms with Crippen LogP contribution < -0.4 is 0 Å². The Bertz CT molecular complexity index is 837. The Morgan fingerprint density at radius 2 is 0.900 bits per heavy atom. The van der Waals surface area contributed by atoms with E-state index in [1.807, 2.05) is 22.9 Å². The number of amides is 4. The van der Waals surface area contributed by atoms with Crippen molar-refractivity contribution in [1.82, 2.24) is 19.6 Å². The van der Waals surface area contributed by atoms with Gasteiger partial charge >= 0.3 is 11.8 Å². The minimum absolute atomic E-state index is 0.0324. The van der Waals surface area contributed by atoms with Gasteiger partial charge in [-0.15, -0.1) is 22.7 Å². The predicted octanol–water partition coefficient (Wildman–Crippen LogP) is 1.08. The first-order valence-corrected chi connectivity index (χ1v) is 11.5. The third-order valence-electron chi connectivity index (χ3n) is 5.36. The Kier molecular flexibility index (Phi) is 6.14. The van der Waals surface area contributed by atoms with Crippen LogP contribution in [0.3, 0.4) is 0 Å². The van der Waals surface area contributed by atoms with Crippen molar-refractivity contribution in [2.45, 2.75) is 0 Å². The summed E-state index contributed by atoms with van der Waals surface area (Å²) in [7, 11) is 0. The number of piperazine rings is 2. The zero-order chi connectivity index (χ0) is 21.1. The van der Waals surface area contributed by atoms with Crippen LogP contribution in [0.25, 0.3) is 0 Å². The van der Waals surface area contributed by atoms with Crippen LogP contribution in [-0.2, 0) is 9.59 Å². The summed E-state index contributed by atoms with van der Waals surface area (Å²) in [6.07, 6.45) is 0. The van der Waals surface area contributed by atoms with Crippen molar-refractivity contribution in [3.63, 3.8) is 0 Å². The molecule has 30 heavy (non-hydrogen) atoms. The fourth-order valence-corrected chi connectivity index (χ4v) is 4.99. The van der Waals surface area contributed by atoms with Gasteiger partial charge in [0.05, 0.1) is 9.75 Å². The summed E-state index contributed by atoms with van der Waals surface area (Å²) in [5.74, 6) is -1.13. The fourth-order valence-electron chi connectivity index (χ4n) is 3.61. The number of thiophene rings is 2. The molecule has 4 amide bonds. The van der Waals surface area contributed by atoms with Crippen molar-refractivity contribution in [2.24, 2.45) is 0 Å². The Morgan fingerprint density at radius 3 is 1.20 bits per heavy atom. The smallest absolute Gasteiger partial charge is 0.312 e. The quantitative estimate of drug-likeness (QED) is 0.647. The molecule has 0 N–H and O–H groups in total. The van der Waals surface area contributed by atoms with E-state index in [-0.39, 0.29) is 11.8 Å². The Labute approximate surface area is 182 Å². The van der Waals surface area contributed by atoms with E-state index < -0.39 is 11.8 Å². The van der Waals surface area contributed by atoms with Crippen LogP contribution in [0.15, 0.2) is 35.0 Å². The van der Waals surface area contributed by atoms with Gasteiger partial charge in [-0.2, -0.15) is 0 Å². The van der Waals surface area contributed by atoms with Gasteiger partial charge in [0, 0.05) is 52.4 Å². The Morgan fingerprint density at radius 1 is 0.567 bits per heavy atom. The van der Waals surface area contributed by atoms with Crippen molar-refractivity contribution in [3.8, 4) is 0 Å². The molecule has 2 aromatic heterocycles. The zero-order valence-corrected chi connectivity index (χ0v) is 18.0. The SMILES string of the molecule is O=C(C(=O)N1CCN(C(=O)c2cccs2)CC1)N1CCN(C(=O)c2cccs2)CC1. The summed E-state index contributed by atoms with van der Waals surface area (Å²) in [4.78, 5) is 58.0. The first-order valence-electron chi connectivity index (χ1n) is 9.78. The van der Waals surface area contributed by atoms with E-state index in [0.29, 0.717) is 62.1 Å². The van der Waals surface area contributed by atoms with E-state index in [0.717, 1.165) is 0 Å². The molecular formula is C20H22N4O4S2. The molecule has 0 saturated carbocycles. The van der Waals surface area contributed by atoms with Gasteiger partial charge < -0.3 is 19.6 Å². The van der Waals surface area contributed by atoms with Crippen molar-refractivity contribution >= 4 is 46.3 Å². The molecule has 158 valence electrons. The standard InChI is InChI=1S/C20H22N4O4S2/c25-17(15-3-1-13-29-15)21-5-9-23(10-6-21)19(27)20(28)24-11-7-22(8-12-24)18(26)16-4-2-14-30-16/h1-4,13-14H,5-12H2. The lowest BCUT2D eigenvalue weighted by Crippen LogP contribution is -2.57.